The SMILES string of the molecule is N#CCC(=O)c1cccc(C#CCC=O)c1. The zero-order chi connectivity index (χ0) is 11.8. The fraction of sp³-hybridized carbons (Fsp3) is 0.154. The van der Waals surface area contributed by atoms with E-state index in [2.05, 4.69) is 11.8 Å². The molecule has 16 heavy (non-hydrogen) atoms. The number of aldehydes is 1. The van der Waals surface area contributed by atoms with Crippen molar-refractivity contribution in [3.8, 4) is 17.9 Å². The number of nitriles is 1. The van der Waals surface area contributed by atoms with Crippen LogP contribution in [-0.4, -0.2) is 12.1 Å². The zero-order valence-electron chi connectivity index (χ0n) is 8.56. The molecule has 0 saturated carbocycles. The lowest BCUT2D eigenvalue weighted by atomic mass is 10.1. The number of Topliss-reactive ketones (excluding diaryl/α,β-unsaturated/α-hetero) is 1. The Labute approximate surface area is 93.7 Å². The van der Waals surface area contributed by atoms with Gasteiger partial charge in [0.05, 0.1) is 18.9 Å². The molecule has 0 N–H and O–H groups in total. The van der Waals surface area contributed by atoms with Gasteiger partial charge in [0.1, 0.15) is 6.29 Å². The van der Waals surface area contributed by atoms with Crippen LogP contribution in [0.25, 0.3) is 0 Å². The van der Waals surface area contributed by atoms with Crippen LogP contribution in [0, 0.1) is 23.2 Å². The first-order valence-corrected chi connectivity index (χ1v) is 4.70. The number of ketones is 1. The largest absolute Gasteiger partial charge is 0.302 e. The minimum absolute atomic E-state index is 0.134. The minimum Gasteiger partial charge on any atom is -0.302 e. The molecule has 0 spiro atoms. The summed E-state index contributed by atoms with van der Waals surface area (Å²) in [7, 11) is 0. The smallest absolute Gasteiger partial charge is 0.176 e. The molecule has 0 heterocycles. The Morgan fingerprint density at radius 3 is 2.94 bits per heavy atom. The second-order valence-electron chi connectivity index (χ2n) is 3.01. The quantitative estimate of drug-likeness (QED) is 0.434. The Bertz CT molecular complexity index is 501. The summed E-state index contributed by atoms with van der Waals surface area (Å²) in [5.74, 6) is 5.20. The molecule has 78 valence electrons. The van der Waals surface area contributed by atoms with E-state index in [1.807, 2.05) is 0 Å². The van der Waals surface area contributed by atoms with Crippen LogP contribution in [0.4, 0.5) is 0 Å². The first kappa shape index (κ1) is 11.7. The molecule has 0 fully saturated rings. The monoisotopic (exact) mass is 211 g/mol. The van der Waals surface area contributed by atoms with Gasteiger partial charge in [-0.25, -0.2) is 0 Å². The number of hydrogen-bond donors (Lipinski definition) is 0. The van der Waals surface area contributed by atoms with Crippen LogP contribution in [0.15, 0.2) is 24.3 Å². The lowest BCUT2D eigenvalue weighted by molar-refractivity contribution is -0.107. The van der Waals surface area contributed by atoms with E-state index in [4.69, 9.17) is 5.26 Å². The molecule has 0 radical (unpaired) electrons. The van der Waals surface area contributed by atoms with Gasteiger partial charge in [-0.3, -0.25) is 4.79 Å². The van der Waals surface area contributed by atoms with Crippen LogP contribution >= 0.6 is 0 Å². The second kappa shape index (κ2) is 6.16. The van der Waals surface area contributed by atoms with E-state index in [-0.39, 0.29) is 18.6 Å². The Morgan fingerprint density at radius 1 is 1.44 bits per heavy atom. The highest BCUT2D eigenvalue weighted by atomic mass is 16.1. The van der Waals surface area contributed by atoms with Crippen LogP contribution in [0.1, 0.15) is 28.8 Å². The Balaban J connectivity index is 2.88. The summed E-state index contributed by atoms with van der Waals surface area (Å²) in [6, 6.07) is 8.53. The van der Waals surface area contributed by atoms with Crippen molar-refractivity contribution in [1.82, 2.24) is 0 Å². The number of carbonyl (C=O) groups excluding carboxylic acids is 2. The third kappa shape index (κ3) is 3.40. The van der Waals surface area contributed by atoms with Gasteiger partial charge in [0.25, 0.3) is 0 Å². The van der Waals surface area contributed by atoms with E-state index in [0.29, 0.717) is 11.1 Å². The van der Waals surface area contributed by atoms with E-state index in [1.54, 1.807) is 30.3 Å². The van der Waals surface area contributed by atoms with Crippen molar-refractivity contribution in [2.24, 2.45) is 0 Å². The van der Waals surface area contributed by atoms with Gasteiger partial charge in [0.15, 0.2) is 5.78 Å². The molecule has 0 amide bonds. The molecule has 0 saturated heterocycles. The number of carbonyl (C=O) groups is 2. The van der Waals surface area contributed by atoms with Gasteiger partial charge in [-0.2, -0.15) is 5.26 Å². The van der Waals surface area contributed by atoms with Gasteiger partial charge in [-0.15, -0.1) is 0 Å². The highest BCUT2D eigenvalue weighted by Gasteiger charge is 2.04. The molecular formula is C13H9NO2. The van der Waals surface area contributed by atoms with Crippen LogP contribution in [0.5, 0.6) is 0 Å². The molecule has 0 atom stereocenters. The summed E-state index contributed by atoms with van der Waals surface area (Å²) < 4.78 is 0. The maximum absolute atomic E-state index is 11.4. The first-order chi connectivity index (χ1) is 7.77. The minimum atomic E-state index is -0.221. The van der Waals surface area contributed by atoms with Crippen LogP contribution < -0.4 is 0 Å². The van der Waals surface area contributed by atoms with Crippen molar-refractivity contribution < 1.29 is 9.59 Å². The van der Waals surface area contributed by atoms with Gasteiger partial charge in [-0.05, 0) is 12.1 Å². The highest BCUT2D eigenvalue weighted by Crippen LogP contribution is 2.06. The van der Waals surface area contributed by atoms with Crippen LogP contribution in [0.3, 0.4) is 0 Å². The van der Waals surface area contributed by atoms with Gasteiger partial charge >= 0.3 is 0 Å². The first-order valence-electron chi connectivity index (χ1n) is 4.70. The summed E-state index contributed by atoms with van der Waals surface area (Å²) in [5, 5.41) is 8.40. The molecule has 3 heteroatoms. The topological polar surface area (TPSA) is 57.9 Å². The van der Waals surface area contributed by atoms with Crippen molar-refractivity contribution >= 4 is 12.1 Å². The number of nitrogens with zero attached hydrogens (tertiary/aromatic N) is 1. The number of rotatable bonds is 3. The molecule has 1 aromatic carbocycles. The van der Waals surface area contributed by atoms with Crippen molar-refractivity contribution in [2.45, 2.75) is 12.8 Å². The van der Waals surface area contributed by atoms with E-state index in [0.717, 1.165) is 6.29 Å². The van der Waals surface area contributed by atoms with E-state index in [9.17, 15) is 9.59 Å². The maximum atomic E-state index is 11.4. The zero-order valence-corrected chi connectivity index (χ0v) is 8.56. The third-order valence-corrected chi connectivity index (χ3v) is 1.84. The average Bonchev–Trinajstić information content (AvgIpc) is 2.30. The lowest BCUT2D eigenvalue weighted by Crippen LogP contribution is -1.97. The number of hydrogen-bond acceptors (Lipinski definition) is 3. The van der Waals surface area contributed by atoms with E-state index < -0.39 is 0 Å². The summed E-state index contributed by atoms with van der Waals surface area (Å²) >= 11 is 0. The molecular weight excluding hydrogens is 202 g/mol. The average molecular weight is 211 g/mol. The maximum Gasteiger partial charge on any atom is 0.176 e. The van der Waals surface area contributed by atoms with Gasteiger partial charge in [-0.1, -0.05) is 24.0 Å². The van der Waals surface area contributed by atoms with E-state index >= 15 is 0 Å². The Morgan fingerprint density at radius 2 is 2.25 bits per heavy atom. The standard InChI is InChI=1S/C13H9NO2/c14-8-7-13(16)12-6-3-5-11(10-12)4-1-2-9-15/h3,5-6,9-10H,2,7H2. The lowest BCUT2D eigenvalue weighted by Gasteiger charge is -1.96. The van der Waals surface area contributed by atoms with Crippen molar-refractivity contribution in [3.63, 3.8) is 0 Å². The van der Waals surface area contributed by atoms with Gasteiger partial charge < -0.3 is 4.79 Å². The van der Waals surface area contributed by atoms with E-state index in [1.165, 1.54) is 0 Å². The third-order valence-electron chi connectivity index (χ3n) is 1.84. The predicted molar refractivity (Wildman–Crippen MR) is 58.6 cm³/mol. The summed E-state index contributed by atoms with van der Waals surface area (Å²) in [6.07, 6.45) is 0.763. The van der Waals surface area contributed by atoms with Crippen molar-refractivity contribution in [3.05, 3.63) is 35.4 Å². The van der Waals surface area contributed by atoms with Crippen LogP contribution in [-0.2, 0) is 4.79 Å². The molecule has 0 bridgehead atoms. The molecule has 1 rings (SSSR count). The van der Waals surface area contributed by atoms with Gasteiger partial charge in [0, 0.05) is 11.1 Å². The molecule has 0 aliphatic heterocycles. The fourth-order valence-electron chi connectivity index (χ4n) is 1.14. The van der Waals surface area contributed by atoms with Crippen molar-refractivity contribution in [2.75, 3.05) is 0 Å². The predicted octanol–water partition coefficient (Wildman–Crippen LogP) is 1.72. The highest BCUT2D eigenvalue weighted by molar-refractivity contribution is 5.97. The molecule has 0 aliphatic carbocycles. The van der Waals surface area contributed by atoms with Crippen LogP contribution in [0.2, 0.25) is 0 Å². The molecule has 1 aromatic rings. The molecule has 0 aliphatic rings. The summed E-state index contributed by atoms with van der Waals surface area (Å²) in [4.78, 5) is 21.5. The second-order valence-corrected chi connectivity index (χ2v) is 3.01. The van der Waals surface area contributed by atoms with Gasteiger partial charge in [0.2, 0.25) is 0 Å². The normalized spacial score (nSPS) is 8.44. The Kier molecular flexibility index (Phi) is 4.50. The molecule has 0 aromatic heterocycles. The number of benzene rings is 1. The summed E-state index contributed by atoms with van der Waals surface area (Å²) in [5.41, 5.74) is 1.14. The Hall–Kier alpha value is -2.39. The molecule has 3 nitrogen and oxygen atoms in total. The fourth-order valence-corrected chi connectivity index (χ4v) is 1.14. The molecule has 0 unspecified atom stereocenters. The van der Waals surface area contributed by atoms with Crippen molar-refractivity contribution in [1.29, 1.82) is 5.26 Å². The summed E-state index contributed by atoms with van der Waals surface area (Å²) in [6.45, 7) is 0.